The van der Waals surface area contributed by atoms with E-state index in [9.17, 15) is 9.59 Å². The van der Waals surface area contributed by atoms with Gasteiger partial charge in [0, 0.05) is 0 Å². The Balaban J connectivity index is 4.60. The SMILES string of the molecule is CC(O)C=C(C(=O)O)C(=O)O. The highest BCUT2D eigenvalue weighted by Gasteiger charge is 2.15. The second kappa shape index (κ2) is 3.72. The smallest absolute Gasteiger partial charge is 0.342 e. The highest BCUT2D eigenvalue weighted by atomic mass is 16.4. The van der Waals surface area contributed by atoms with Crippen LogP contribution in [0, 0.1) is 0 Å². The first-order valence-electron chi connectivity index (χ1n) is 2.81. The van der Waals surface area contributed by atoms with Crippen molar-refractivity contribution in [2.45, 2.75) is 13.0 Å². The second-order valence-electron chi connectivity index (χ2n) is 1.93. The Morgan fingerprint density at radius 1 is 1.27 bits per heavy atom. The van der Waals surface area contributed by atoms with Crippen LogP contribution in [0.1, 0.15) is 6.92 Å². The third-order valence-electron chi connectivity index (χ3n) is 0.869. The molecule has 0 aliphatic heterocycles. The van der Waals surface area contributed by atoms with Crippen LogP contribution in [-0.4, -0.2) is 33.4 Å². The summed E-state index contributed by atoms with van der Waals surface area (Å²) in [5.41, 5.74) is -0.819. The van der Waals surface area contributed by atoms with E-state index in [-0.39, 0.29) is 0 Å². The zero-order chi connectivity index (χ0) is 9.02. The second-order valence-corrected chi connectivity index (χ2v) is 1.93. The van der Waals surface area contributed by atoms with Crippen LogP contribution < -0.4 is 0 Å². The van der Waals surface area contributed by atoms with Gasteiger partial charge in [0.2, 0.25) is 0 Å². The summed E-state index contributed by atoms with van der Waals surface area (Å²) in [5, 5.41) is 25.1. The molecule has 3 N–H and O–H groups in total. The maximum absolute atomic E-state index is 10.1. The fraction of sp³-hybridized carbons (Fsp3) is 0.333. The summed E-state index contributed by atoms with van der Waals surface area (Å²) >= 11 is 0. The van der Waals surface area contributed by atoms with Crippen molar-refractivity contribution in [2.24, 2.45) is 0 Å². The van der Waals surface area contributed by atoms with Gasteiger partial charge in [-0.15, -0.1) is 0 Å². The number of aliphatic carboxylic acids is 2. The molecule has 0 rings (SSSR count). The van der Waals surface area contributed by atoms with Crippen molar-refractivity contribution in [2.75, 3.05) is 0 Å². The third-order valence-corrected chi connectivity index (χ3v) is 0.869. The summed E-state index contributed by atoms with van der Waals surface area (Å²) in [6.07, 6.45) is -0.317. The average Bonchev–Trinajstić information content (AvgIpc) is 1.81. The lowest BCUT2D eigenvalue weighted by Crippen LogP contribution is -2.13. The van der Waals surface area contributed by atoms with Crippen molar-refractivity contribution in [3.05, 3.63) is 11.6 Å². The molecule has 5 heteroatoms. The molecule has 0 radical (unpaired) electrons. The van der Waals surface area contributed by atoms with Crippen molar-refractivity contribution in [3.63, 3.8) is 0 Å². The van der Waals surface area contributed by atoms with E-state index in [0.717, 1.165) is 6.08 Å². The molecule has 0 aromatic carbocycles. The monoisotopic (exact) mass is 160 g/mol. The Kier molecular flexibility index (Phi) is 3.26. The fourth-order valence-corrected chi connectivity index (χ4v) is 0.475. The van der Waals surface area contributed by atoms with Crippen LogP contribution in [0.2, 0.25) is 0 Å². The molecule has 0 aromatic rings. The van der Waals surface area contributed by atoms with Crippen molar-refractivity contribution in [1.29, 1.82) is 0 Å². The molecule has 0 aliphatic carbocycles. The molecule has 0 spiro atoms. The Morgan fingerprint density at radius 3 is 1.73 bits per heavy atom. The molecule has 0 saturated carbocycles. The number of carboxylic acids is 2. The number of hydrogen-bond donors (Lipinski definition) is 3. The highest BCUT2D eigenvalue weighted by Crippen LogP contribution is 1.97. The van der Waals surface area contributed by atoms with Crippen LogP contribution in [0.25, 0.3) is 0 Å². The normalized spacial score (nSPS) is 11.8. The highest BCUT2D eigenvalue weighted by molar-refractivity contribution is 6.12. The lowest BCUT2D eigenvalue weighted by atomic mass is 10.2. The number of carbonyl (C=O) groups is 2. The number of aliphatic hydroxyl groups excluding tert-OH is 1. The molecule has 0 heterocycles. The van der Waals surface area contributed by atoms with Crippen molar-refractivity contribution < 1.29 is 24.9 Å². The summed E-state index contributed by atoms with van der Waals surface area (Å²) in [6, 6.07) is 0. The van der Waals surface area contributed by atoms with E-state index >= 15 is 0 Å². The third kappa shape index (κ3) is 3.36. The van der Waals surface area contributed by atoms with Gasteiger partial charge in [0.1, 0.15) is 5.57 Å². The lowest BCUT2D eigenvalue weighted by Gasteiger charge is -1.97. The molecule has 62 valence electrons. The summed E-state index contributed by atoms with van der Waals surface area (Å²) in [4.78, 5) is 20.2. The molecule has 0 aliphatic rings. The van der Waals surface area contributed by atoms with Gasteiger partial charge in [0.15, 0.2) is 0 Å². The Labute approximate surface area is 62.6 Å². The minimum Gasteiger partial charge on any atom is -0.477 e. The van der Waals surface area contributed by atoms with Gasteiger partial charge in [0.05, 0.1) is 6.10 Å². The standard InChI is InChI=1S/C6H8O5/c1-3(7)2-4(5(8)9)6(10)11/h2-3,7H,1H3,(H,8,9)(H,10,11). The van der Waals surface area contributed by atoms with E-state index in [0.29, 0.717) is 0 Å². The molecule has 11 heavy (non-hydrogen) atoms. The van der Waals surface area contributed by atoms with Gasteiger partial charge in [-0.05, 0) is 13.0 Å². The number of hydrogen-bond acceptors (Lipinski definition) is 3. The first-order valence-corrected chi connectivity index (χ1v) is 2.81. The summed E-state index contributed by atoms with van der Waals surface area (Å²) < 4.78 is 0. The number of rotatable bonds is 3. The largest absolute Gasteiger partial charge is 0.477 e. The zero-order valence-electron chi connectivity index (χ0n) is 5.81. The van der Waals surface area contributed by atoms with Crippen molar-refractivity contribution in [1.82, 2.24) is 0 Å². The number of aliphatic hydroxyl groups is 1. The van der Waals surface area contributed by atoms with E-state index in [1.165, 1.54) is 6.92 Å². The van der Waals surface area contributed by atoms with E-state index < -0.39 is 23.6 Å². The maximum atomic E-state index is 10.1. The van der Waals surface area contributed by atoms with Gasteiger partial charge < -0.3 is 15.3 Å². The predicted molar refractivity (Wildman–Crippen MR) is 35.0 cm³/mol. The van der Waals surface area contributed by atoms with Gasteiger partial charge in [-0.3, -0.25) is 0 Å². The fourth-order valence-electron chi connectivity index (χ4n) is 0.475. The molecule has 1 atom stereocenters. The van der Waals surface area contributed by atoms with E-state index in [4.69, 9.17) is 15.3 Å². The molecule has 0 amide bonds. The zero-order valence-corrected chi connectivity index (χ0v) is 5.81. The molecular weight excluding hydrogens is 152 g/mol. The molecule has 0 bridgehead atoms. The van der Waals surface area contributed by atoms with Gasteiger partial charge in [-0.25, -0.2) is 9.59 Å². The van der Waals surface area contributed by atoms with E-state index in [1.807, 2.05) is 0 Å². The minimum atomic E-state index is -1.56. The van der Waals surface area contributed by atoms with Gasteiger partial charge in [-0.1, -0.05) is 0 Å². The van der Waals surface area contributed by atoms with Crippen LogP contribution in [0.5, 0.6) is 0 Å². The molecule has 0 aromatic heterocycles. The van der Waals surface area contributed by atoms with E-state index in [1.54, 1.807) is 0 Å². The molecule has 5 nitrogen and oxygen atoms in total. The van der Waals surface area contributed by atoms with Gasteiger partial charge >= 0.3 is 11.9 Å². The Hall–Kier alpha value is -1.36. The Bertz CT molecular complexity index is 187. The van der Waals surface area contributed by atoms with Crippen LogP contribution in [0.4, 0.5) is 0 Å². The average molecular weight is 160 g/mol. The lowest BCUT2D eigenvalue weighted by molar-refractivity contribution is -0.140. The molecular formula is C6H8O5. The van der Waals surface area contributed by atoms with Crippen LogP contribution in [-0.2, 0) is 9.59 Å². The maximum Gasteiger partial charge on any atom is 0.342 e. The van der Waals surface area contributed by atoms with Crippen LogP contribution in [0.3, 0.4) is 0 Å². The van der Waals surface area contributed by atoms with Gasteiger partial charge in [0.25, 0.3) is 0 Å². The summed E-state index contributed by atoms with van der Waals surface area (Å²) in [6.45, 7) is 1.27. The van der Waals surface area contributed by atoms with Crippen molar-refractivity contribution in [3.8, 4) is 0 Å². The number of carboxylic acid groups (broad SMARTS) is 2. The quantitative estimate of drug-likeness (QED) is 0.293. The van der Waals surface area contributed by atoms with Crippen LogP contribution >= 0.6 is 0 Å². The minimum absolute atomic E-state index is 0.755. The molecule has 1 unspecified atom stereocenters. The molecule has 0 fully saturated rings. The van der Waals surface area contributed by atoms with E-state index in [2.05, 4.69) is 0 Å². The van der Waals surface area contributed by atoms with Crippen LogP contribution in [0.15, 0.2) is 11.6 Å². The predicted octanol–water partition coefficient (Wildman–Crippen LogP) is -0.537. The first-order chi connectivity index (χ1) is 4.95. The summed E-state index contributed by atoms with van der Waals surface area (Å²) in [5.74, 6) is -3.11. The first kappa shape index (κ1) is 9.64. The Morgan fingerprint density at radius 2 is 1.64 bits per heavy atom. The van der Waals surface area contributed by atoms with Gasteiger partial charge in [-0.2, -0.15) is 0 Å². The van der Waals surface area contributed by atoms with Crippen molar-refractivity contribution >= 4 is 11.9 Å². The molecule has 0 saturated heterocycles. The summed E-state index contributed by atoms with van der Waals surface area (Å²) in [7, 11) is 0. The topological polar surface area (TPSA) is 94.8 Å².